The Morgan fingerprint density at radius 2 is 2.15 bits per heavy atom. The molecule has 3 N–H and O–H groups in total. The van der Waals surface area contributed by atoms with Gasteiger partial charge in [0.15, 0.2) is 0 Å². The Kier molecular flexibility index (Phi) is 4.90. The third-order valence-corrected chi connectivity index (χ3v) is 3.07. The van der Waals surface area contributed by atoms with Crippen LogP contribution in [0.4, 0.5) is 0 Å². The number of benzene rings is 1. The zero-order valence-electron chi connectivity index (χ0n) is 11.5. The summed E-state index contributed by atoms with van der Waals surface area (Å²) < 4.78 is 0. The fraction of sp³-hybridized carbons (Fsp3) is 0.333. The summed E-state index contributed by atoms with van der Waals surface area (Å²) in [4.78, 5) is 12.1. The van der Waals surface area contributed by atoms with E-state index in [9.17, 15) is 9.90 Å². The Balaban J connectivity index is 2.07. The van der Waals surface area contributed by atoms with Crippen LogP contribution >= 0.6 is 0 Å². The lowest BCUT2D eigenvalue weighted by Gasteiger charge is -2.10. The molecule has 5 nitrogen and oxygen atoms in total. The molecule has 0 aliphatic heterocycles. The highest BCUT2D eigenvalue weighted by molar-refractivity contribution is 5.99. The maximum absolute atomic E-state index is 12.1. The van der Waals surface area contributed by atoms with Crippen LogP contribution in [0.1, 0.15) is 30.1 Å². The third-order valence-electron chi connectivity index (χ3n) is 3.07. The summed E-state index contributed by atoms with van der Waals surface area (Å²) in [6.45, 7) is 2.25. The van der Waals surface area contributed by atoms with E-state index in [0.29, 0.717) is 17.7 Å². The van der Waals surface area contributed by atoms with Crippen molar-refractivity contribution < 1.29 is 9.90 Å². The summed E-state index contributed by atoms with van der Waals surface area (Å²) >= 11 is 0. The summed E-state index contributed by atoms with van der Waals surface area (Å²) in [5.74, 6) is -0.229. The molecule has 1 aromatic carbocycles. The fourth-order valence-corrected chi connectivity index (χ4v) is 2.02. The maximum atomic E-state index is 12.1. The van der Waals surface area contributed by atoms with Gasteiger partial charge in [0, 0.05) is 12.1 Å². The van der Waals surface area contributed by atoms with Gasteiger partial charge >= 0.3 is 0 Å². The van der Waals surface area contributed by atoms with E-state index in [1.807, 2.05) is 37.3 Å². The third kappa shape index (κ3) is 3.45. The molecule has 1 heterocycles. The molecule has 106 valence electrons. The molecule has 2 rings (SSSR count). The number of hydrogen-bond acceptors (Lipinski definition) is 3. The number of nitrogens with zero attached hydrogens (tertiary/aromatic N) is 1. The van der Waals surface area contributed by atoms with E-state index >= 15 is 0 Å². The lowest BCUT2D eigenvalue weighted by atomic mass is 10.1. The normalized spacial score (nSPS) is 12.1. The molecule has 5 heteroatoms. The summed E-state index contributed by atoms with van der Waals surface area (Å²) in [5.41, 5.74) is 2.08. The number of carbonyl (C=O) groups is 1. The van der Waals surface area contributed by atoms with E-state index < -0.39 is 6.10 Å². The van der Waals surface area contributed by atoms with Crippen LogP contribution in [0.3, 0.4) is 0 Å². The number of aliphatic hydroxyl groups excluding tert-OH is 1. The molecule has 0 fully saturated rings. The lowest BCUT2D eigenvalue weighted by molar-refractivity contribution is 0.0911. The summed E-state index contributed by atoms with van der Waals surface area (Å²) in [6, 6.07) is 9.55. The van der Waals surface area contributed by atoms with Crippen LogP contribution < -0.4 is 5.32 Å². The first-order chi connectivity index (χ1) is 9.72. The highest BCUT2D eigenvalue weighted by Crippen LogP contribution is 2.20. The number of aromatic nitrogens is 2. The molecule has 1 unspecified atom stereocenters. The van der Waals surface area contributed by atoms with Crippen LogP contribution in [-0.4, -0.2) is 33.9 Å². The Hall–Kier alpha value is -2.14. The minimum atomic E-state index is -0.504. The van der Waals surface area contributed by atoms with Crippen molar-refractivity contribution >= 4 is 5.91 Å². The van der Waals surface area contributed by atoms with Crippen LogP contribution in [0, 0.1) is 0 Å². The topological polar surface area (TPSA) is 78.0 Å². The zero-order valence-corrected chi connectivity index (χ0v) is 11.5. The lowest BCUT2D eigenvalue weighted by Crippen LogP contribution is -2.32. The van der Waals surface area contributed by atoms with Gasteiger partial charge in [-0.3, -0.25) is 9.89 Å². The van der Waals surface area contributed by atoms with Gasteiger partial charge in [-0.1, -0.05) is 43.7 Å². The van der Waals surface area contributed by atoms with Crippen molar-refractivity contribution in [3.8, 4) is 11.3 Å². The first-order valence-electron chi connectivity index (χ1n) is 6.77. The second kappa shape index (κ2) is 6.86. The van der Waals surface area contributed by atoms with Gasteiger partial charge in [-0.2, -0.15) is 5.10 Å². The molecular formula is C15H19N3O2. The number of aromatic amines is 1. The SMILES string of the molecule is CCCC(O)CNC(=O)c1cn[nH]c1-c1ccccc1. The van der Waals surface area contributed by atoms with Crippen molar-refractivity contribution in [3.63, 3.8) is 0 Å². The number of rotatable bonds is 6. The number of aliphatic hydroxyl groups is 1. The zero-order chi connectivity index (χ0) is 14.4. The number of H-pyrrole nitrogens is 1. The van der Waals surface area contributed by atoms with Gasteiger partial charge in [0.2, 0.25) is 0 Å². The number of amides is 1. The molecule has 1 amide bonds. The van der Waals surface area contributed by atoms with E-state index in [-0.39, 0.29) is 12.5 Å². The molecule has 0 saturated heterocycles. The average Bonchev–Trinajstić information content (AvgIpc) is 2.95. The molecule has 1 aromatic heterocycles. The minimum Gasteiger partial charge on any atom is -0.391 e. The Morgan fingerprint density at radius 1 is 1.40 bits per heavy atom. The number of nitrogens with one attached hydrogen (secondary N) is 2. The van der Waals surface area contributed by atoms with Gasteiger partial charge in [0.25, 0.3) is 5.91 Å². The molecule has 0 radical (unpaired) electrons. The second-order valence-electron chi connectivity index (χ2n) is 4.68. The van der Waals surface area contributed by atoms with Crippen LogP contribution in [0.25, 0.3) is 11.3 Å². The predicted octanol–water partition coefficient (Wildman–Crippen LogP) is 1.97. The van der Waals surface area contributed by atoms with Crippen LogP contribution in [0.15, 0.2) is 36.5 Å². The van der Waals surface area contributed by atoms with Crippen molar-refractivity contribution in [1.82, 2.24) is 15.5 Å². The quantitative estimate of drug-likeness (QED) is 0.753. The molecule has 1 atom stereocenters. The smallest absolute Gasteiger partial charge is 0.255 e. The highest BCUT2D eigenvalue weighted by Gasteiger charge is 2.15. The molecule has 0 spiro atoms. The molecule has 0 aliphatic rings. The van der Waals surface area contributed by atoms with Crippen LogP contribution in [0.5, 0.6) is 0 Å². The molecule has 0 bridgehead atoms. The summed E-state index contributed by atoms with van der Waals surface area (Å²) in [5, 5.41) is 19.2. The van der Waals surface area contributed by atoms with E-state index in [2.05, 4.69) is 15.5 Å². The predicted molar refractivity (Wildman–Crippen MR) is 77.3 cm³/mol. The fourth-order valence-electron chi connectivity index (χ4n) is 2.02. The first-order valence-corrected chi connectivity index (χ1v) is 6.77. The molecule has 0 saturated carbocycles. The van der Waals surface area contributed by atoms with Crippen molar-refractivity contribution in [3.05, 3.63) is 42.1 Å². The van der Waals surface area contributed by atoms with Crippen molar-refractivity contribution in [2.75, 3.05) is 6.54 Å². The van der Waals surface area contributed by atoms with Gasteiger partial charge in [0.05, 0.1) is 23.6 Å². The Labute approximate surface area is 118 Å². The summed E-state index contributed by atoms with van der Waals surface area (Å²) in [6.07, 6.45) is 2.56. The van der Waals surface area contributed by atoms with Gasteiger partial charge in [-0.05, 0) is 6.42 Å². The van der Waals surface area contributed by atoms with Gasteiger partial charge in [0.1, 0.15) is 0 Å². The largest absolute Gasteiger partial charge is 0.391 e. The molecule has 0 aliphatic carbocycles. The van der Waals surface area contributed by atoms with E-state index in [1.54, 1.807) is 0 Å². The standard InChI is InChI=1S/C15H19N3O2/c1-2-6-12(19)9-16-15(20)13-10-17-18-14(13)11-7-4-3-5-8-11/h3-5,7-8,10,12,19H,2,6,9H2,1H3,(H,16,20)(H,17,18). The number of hydrogen-bond donors (Lipinski definition) is 3. The van der Waals surface area contributed by atoms with E-state index in [0.717, 1.165) is 12.0 Å². The molecular weight excluding hydrogens is 254 g/mol. The van der Waals surface area contributed by atoms with Crippen molar-refractivity contribution in [2.24, 2.45) is 0 Å². The Bertz CT molecular complexity index is 551. The maximum Gasteiger partial charge on any atom is 0.255 e. The second-order valence-corrected chi connectivity index (χ2v) is 4.68. The number of carbonyl (C=O) groups excluding carboxylic acids is 1. The van der Waals surface area contributed by atoms with Crippen LogP contribution in [0.2, 0.25) is 0 Å². The summed E-state index contributed by atoms with van der Waals surface area (Å²) in [7, 11) is 0. The van der Waals surface area contributed by atoms with Gasteiger partial charge < -0.3 is 10.4 Å². The van der Waals surface area contributed by atoms with E-state index in [4.69, 9.17) is 0 Å². The monoisotopic (exact) mass is 273 g/mol. The van der Waals surface area contributed by atoms with Gasteiger partial charge in [-0.25, -0.2) is 0 Å². The minimum absolute atomic E-state index is 0.229. The van der Waals surface area contributed by atoms with Crippen LogP contribution in [-0.2, 0) is 0 Å². The molecule has 2 aromatic rings. The van der Waals surface area contributed by atoms with Crippen molar-refractivity contribution in [2.45, 2.75) is 25.9 Å². The molecule has 20 heavy (non-hydrogen) atoms. The van der Waals surface area contributed by atoms with Gasteiger partial charge in [-0.15, -0.1) is 0 Å². The first kappa shape index (κ1) is 14.3. The van der Waals surface area contributed by atoms with Crippen molar-refractivity contribution in [1.29, 1.82) is 0 Å². The highest BCUT2D eigenvalue weighted by atomic mass is 16.3. The average molecular weight is 273 g/mol. The van der Waals surface area contributed by atoms with E-state index in [1.165, 1.54) is 6.20 Å². The Morgan fingerprint density at radius 3 is 2.85 bits per heavy atom.